The number of aliphatic imine (C=N–C) groups is 1. The van der Waals surface area contributed by atoms with Crippen molar-refractivity contribution >= 4 is 11.7 Å². The van der Waals surface area contributed by atoms with Crippen molar-refractivity contribution in [3.63, 3.8) is 0 Å². The molecule has 1 atom stereocenters. The molecule has 0 rings (SSSR count). The minimum atomic E-state index is -0.750. The van der Waals surface area contributed by atoms with Gasteiger partial charge in [0.25, 0.3) is 6.54 Å². The average Bonchev–Trinajstić information content (AvgIpc) is 2.01. The number of carbonyl (C=O) groups is 1. The average molecular weight is 202 g/mol. The summed E-state index contributed by atoms with van der Waals surface area (Å²) in [5.41, 5.74) is 10.3. The minimum Gasteiger partial charge on any atom is -0.382 e. The Hall–Kier alpha value is -1.66. The van der Waals surface area contributed by atoms with E-state index in [0.717, 1.165) is 0 Å². The Bertz CT molecular complexity index is 251. The molecular weight excluding hydrogens is 188 g/mol. The van der Waals surface area contributed by atoms with Crippen LogP contribution in [0, 0.1) is 10.1 Å². The number of amidine groups is 1. The molecule has 7 nitrogen and oxygen atoms in total. The summed E-state index contributed by atoms with van der Waals surface area (Å²) in [5.74, 6) is -0.787. The van der Waals surface area contributed by atoms with Gasteiger partial charge in [0.05, 0.1) is 0 Å². The maximum atomic E-state index is 10.8. The zero-order valence-electron chi connectivity index (χ0n) is 7.97. The van der Waals surface area contributed by atoms with E-state index in [1.54, 1.807) is 0 Å². The van der Waals surface area contributed by atoms with Crippen LogP contribution in [-0.4, -0.2) is 29.3 Å². The van der Waals surface area contributed by atoms with Crippen LogP contribution in [-0.2, 0) is 4.79 Å². The Kier molecular flexibility index (Phi) is 5.20. The monoisotopic (exact) mass is 202 g/mol. The van der Waals surface area contributed by atoms with Gasteiger partial charge in [0.2, 0.25) is 5.91 Å². The molecular formula is C7H14N4O3. The predicted molar refractivity (Wildman–Crippen MR) is 51.4 cm³/mol. The van der Waals surface area contributed by atoms with Gasteiger partial charge in [-0.15, -0.1) is 0 Å². The first-order valence-electron chi connectivity index (χ1n) is 4.20. The van der Waals surface area contributed by atoms with E-state index in [1.807, 2.05) is 6.92 Å². The Labute approximate surface area is 81.3 Å². The van der Waals surface area contributed by atoms with Crippen molar-refractivity contribution in [3.8, 4) is 0 Å². The van der Waals surface area contributed by atoms with Crippen molar-refractivity contribution in [3.05, 3.63) is 10.1 Å². The summed E-state index contributed by atoms with van der Waals surface area (Å²) in [7, 11) is 0. The van der Waals surface area contributed by atoms with Gasteiger partial charge >= 0.3 is 0 Å². The molecule has 0 bridgehead atoms. The van der Waals surface area contributed by atoms with Gasteiger partial charge in [-0.3, -0.25) is 19.9 Å². The molecule has 0 aliphatic heterocycles. The van der Waals surface area contributed by atoms with Crippen molar-refractivity contribution in [1.82, 2.24) is 0 Å². The molecule has 0 heterocycles. The van der Waals surface area contributed by atoms with Gasteiger partial charge in [0.15, 0.2) is 5.84 Å². The number of carbonyl (C=O) groups excluding carboxylic acids is 1. The fourth-order valence-electron chi connectivity index (χ4n) is 0.917. The Morgan fingerprint density at radius 1 is 1.57 bits per heavy atom. The number of rotatable bonds is 6. The van der Waals surface area contributed by atoms with Crippen LogP contribution in [0.3, 0.4) is 0 Å². The SMILES string of the molecule is CCCC(N=C(N)C[N+](=O)[O-])C(N)=O. The van der Waals surface area contributed by atoms with Crippen molar-refractivity contribution < 1.29 is 9.72 Å². The lowest BCUT2D eigenvalue weighted by Crippen LogP contribution is -2.32. The van der Waals surface area contributed by atoms with E-state index in [1.165, 1.54) is 0 Å². The molecule has 0 aromatic rings. The zero-order chi connectivity index (χ0) is 11.1. The summed E-state index contributed by atoms with van der Waals surface area (Å²) in [6, 6.07) is -0.750. The van der Waals surface area contributed by atoms with Crippen LogP contribution < -0.4 is 11.5 Å². The third-order valence-corrected chi connectivity index (χ3v) is 1.50. The van der Waals surface area contributed by atoms with Gasteiger partial charge < -0.3 is 11.5 Å². The number of nitrogens with zero attached hydrogens (tertiary/aromatic N) is 2. The first-order valence-corrected chi connectivity index (χ1v) is 4.20. The highest BCUT2D eigenvalue weighted by Gasteiger charge is 2.14. The normalized spacial score (nSPS) is 13.6. The first kappa shape index (κ1) is 12.3. The molecule has 7 heteroatoms. The third kappa shape index (κ3) is 5.07. The largest absolute Gasteiger partial charge is 0.382 e. The highest BCUT2D eigenvalue weighted by atomic mass is 16.6. The summed E-state index contributed by atoms with van der Waals surface area (Å²) in [4.78, 5) is 23.9. The maximum Gasteiger partial charge on any atom is 0.259 e. The maximum absolute atomic E-state index is 10.8. The lowest BCUT2D eigenvalue weighted by molar-refractivity contribution is -0.463. The van der Waals surface area contributed by atoms with E-state index in [-0.39, 0.29) is 5.84 Å². The summed E-state index contributed by atoms with van der Waals surface area (Å²) >= 11 is 0. The fourth-order valence-corrected chi connectivity index (χ4v) is 0.917. The first-order chi connectivity index (χ1) is 6.47. The summed E-state index contributed by atoms with van der Waals surface area (Å²) in [6.07, 6.45) is 1.16. The molecule has 0 fully saturated rings. The van der Waals surface area contributed by atoms with Crippen LogP contribution >= 0.6 is 0 Å². The van der Waals surface area contributed by atoms with Crippen molar-refractivity contribution in [2.45, 2.75) is 25.8 Å². The van der Waals surface area contributed by atoms with Gasteiger partial charge in [0, 0.05) is 4.92 Å². The highest BCUT2D eigenvalue weighted by molar-refractivity contribution is 5.87. The summed E-state index contributed by atoms with van der Waals surface area (Å²) in [6.45, 7) is 1.29. The van der Waals surface area contributed by atoms with Crippen LogP contribution in [0.2, 0.25) is 0 Å². The van der Waals surface area contributed by atoms with Crippen LogP contribution in [0.25, 0.3) is 0 Å². The Morgan fingerprint density at radius 3 is 2.50 bits per heavy atom. The van der Waals surface area contributed by atoms with Crippen molar-refractivity contribution in [2.24, 2.45) is 16.5 Å². The van der Waals surface area contributed by atoms with Gasteiger partial charge in [-0.05, 0) is 6.42 Å². The van der Waals surface area contributed by atoms with E-state index < -0.39 is 23.4 Å². The molecule has 0 saturated heterocycles. The highest BCUT2D eigenvalue weighted by Crippen LogP contribution is 2.00. The molecule has 1 amide bonds. The molecule has 1 unspecified atom stereocenters. The van der Waals surface area contributed by atoms with E-state index in [2.05, 4.69) is 4.99 Å². The number of primary amides is 1. The third-order valence-electron chi connectivity index (χ3n) is 1.50. The van der Waals surface area contributed by atoms with Crippen LogP contribution in [0.4, 0.5) is 0 Å². The van der Waals surface area contributed by atoms with Crippen LogP contribution in [0.15, 0.2) is 4.99 Å². The minimum absolute atomic E-state index is 0.174. The van der Waals surface area contributed by atoms with E-state index >= 15 is 0 Å². The molecule has 0 aromatic carbocycles. The number of hydrogen-bond donors (Lipinski definition) is 2. The number of hydrogen-bond acceptors (Lipinski definition) is 4. The lowest BCUT2D eigenvalue weighted by atomic mass is 10.2. The molecule has 0 aromatic heterocycles. The standard InChI is InChI=1S/C7H14N4O3/c1-2-3-5(7(9)12)10-6(8)4-11(13)14/h5H,2-4H2,1H3,(H2,8,10)(H2,9,12). The van der Waals surface area contributed by atoms with Gasteiger partial charge in [-0.1, -0.05) is 13.3 Å². The second-order valence-electron chi connectivity index (χ2n) is 2.82. The Balaban J connectivity index is 4.38. The summed E-state index contributed by atoms with van der Waals surface area (Å²) < 4.78 is 0. The molecule has 0 radical (unpaired) electrons. The van der Waals surface area contributed by atoms with Crippen molar-refractivity contribution in [1.29, 1.82) is 0 Å². The smallest absolute Gasteiger partial charge is 0.259 e. The molecule has 0 saturated carbocycles. The Morgan fingerprint density at radius 2 is 2.14 bits per heavy atom. The van der Waals surface area contributed by atoms with Gasteiger partial charge in [0.1, 0.15) is 6.04 Å². The lowest BCUT2D eigenvalue weighted by Gasteiger charge is -2.06. The number of nitrogens with two attached hydrogens (primary N) is 2. The van der Waals surface area contributed by atoms with Gasteiger partial charge in [-0.25, -0.2) is 0 Å². The fraction of sp³-hybridized carbons (Fsp3) is 0.714. The molecule has 4 N–H and O–H groups in total. The van der Waals surface area contributed by atoms with E-state index in [4.69, 9.17) is 11.5 Å². The number of amides is 1. The zero-order valence-corrected chi connectivity index (χ0v) is 7.97. The predicted octanol–water partition coefficient (Wildman–Crippen LogP) is -0.726. The second kappa shape index (κ2) is 5.90. The molecule has 14 heavy (non-hydrogen) atoms. The number of nitro groups is 1. The quantitative estimate of drug-likeness (QED) is 0.255. The van der Waals surface area contributed by atoms with E-state index in [0.29, 0.717) is 12.8 Å². The second-order valence-corrected chi connectivity index (χ2v) is 2.82. The van der Waals surface area contributed by atoms with Gasteiger partial charge in [-0.2, -0.15) is 0 Å². The molecule has 0 aliphatic carbocycles. The topological polar surface area (TPSA) is 125 Å². The molecule has 0 spiro atoms. The molecule has 0 aliphatic rings. The van der Waals surface area contributed by atoms with E-state index in [9.17, 15) is 14.9 Å². The molecule has 80 valence electrons. The van der Waals surface area contributed by atoms with Crippen LogP contribution in [0.5, 0.6) is 0 Å². The summed E-state index contributed by atoms with van der Waals surface area (Å²) in [5, 5.41) is 10.0. The van der Waals surface area contributed by atoms with Crippen molar-refractivity contribution in [2.75, 3.05) is 6.54 Å². The van der Waals surface area contributed by atoms with Crippen LogP contribution in [0.1, 0.15) is 19.8 Å².